The summed E-state index contributed by atoms with van der Waals surface area (Å²) in [6.45, 7) is 2.23. The van der Waals surface area contributed by atoms with Gasteiger partial charge in [0, 0.05) is 0 Å². The maximum Gasteiger partial charge on any atom is 0.163 e. The van der Waals surface area contributed by atoms with Crippen LogP contribution >= 0.6 is 35.0 Å². The van der Waals surface area contributed by atoms with Crippen molar-refractivity contribution in [3.8, 4) is 0 Å². The minimum absolute atomic E-state index is 0.480. The van der Waals surface area contributed by atoms with E-state index in [0.29, 0.717) is 0 Å². The number of rotatable bonds is 0. The van der Waals surface area contributed by atoms with Crippen molar-refractivity contribution in [3.63, 3.8) is 0 Å². The molecule has 1 atom stereocenters. The van der Waals surface area contributed by atoms with Gasteiger partial charge in [-0.15, -0.1) is 11.8 Å². The lowest BCUT2D eigenvalue weighted by molar-refractivity contribution is 0.552. The quantitative estimate of drug-likeness (QED) is 0.522. The van der Waals surface area contributed by atoms with Gasteiger partial charge in [-0.3, -0.25) is 0 Å². The summed E-state index contributed by atoms with van der Waals surface area (Å²) >= 11 is 13.4. The van der Waals surface area contributed by atoms with Crippen molar-refractivity contribution in [1.29, 1.82) is 0 Å². The van der Waals surface area contributed by atoms with E-state index in [4.69, 9.17) is 23.2 Å². The van der Waals surface area contributed by atoms with Gasteiger partial charge < -0.3 is 0 Å². The fraction of sp³-hybridized carbons (Fsp3) is 1.00. The van der Waals surface area contributed by atoms with Gasteiger partial charge in [-0.2, -0.15) is 0 Å². The zero-order valence-corrected chi connectivity index (χ0v) is 7.69. The fourth-order valence-electron chi connectivity index (χ4n) is 0.834. The molecule has 0 radical (unpaired) electrons. The number of halogens is 2. The predicted molar refractivity (Wildman–Crippen MR) is 45.3 cm³/mol. The lowest BCUT2D eigenvalue weighted by Crippen LogP contribution is -2.18. The van der Waals surface area contributed by atoms with Crippen molar-refractivity contribution >= 4 is 35.0 Å². The molecule has 0 aromatic heterocycles. The van der Waals surface area contributed by atoms with Gasteiger partial charge in [0.2, 0.25) is 0 Å². The smallest absolute Gasteiger partial charge is 0.123 e. The monoisotopic (exact) mass is 184 g/mol. The summed E-state index contributed by atoms with van der Waals surface area (Å²) in [5.74, 6) is 1.90. The third-order valence-corrected chi connectivity index (χ3v) is 3.90. The summed E-state index contributed by atoms with van der Waals surface area (Å²) in [5, 5.41) is 0. The van der Waals surface area contributed by atoms with Gasteiger partial charge in [0.1, 0.15) is 0 Å². The van der Waals surface area contributed by atoms with Crippen LogP contribution in [0.25, 0.3) is 0 Å². The van der Waals surface area contributed by atoms with E-state index in [-0.39, 0.29) is 0 Å². The summed E-state index contributed by atoms with van der Waals surface area (Å²) in [6.07, 6.45) is 2.10. The molecule has 0 bridgehead atoms. The minimum Gasteiger partial charge on any atom is -0.123 e. The first-order valence-corrected chi connectivity index (χ1v) is 4.86. The summed E-state index contributed by atoms with van der Waals surface area (Å²) in [6, 6.07) is 0. The average Bonchev–Trinajstić information content (AvgIpc) is 1.78. The highest BCUT2D eigenvalue weighted by Crippen LogP contribution is 2.44. The van der Waals surface area contributed by atoms with E-state index >= 15 is 0 Å². The van der Waals surface area contributed by atoms with Gasteiger partial charge >= 0.3 is 0 Å². The normalized spacial score (nSPS) is 34.3. The second-order valence-electron chi connectivity index (χ2n) is 2.59. The van der Waals surface area contributed by atoms with Crippen LogP contribution in [-0.4, -0.2) is 9.42 Å². The van der Waals surface area contributed by atoms with Gasteiger partial charge in [-0.05, 0) is 24.5 Å². The Morgan fingerprint density at radius 1 is 1.56 bits per heavy atom. The summed E-state index contributed by atoms with van der Waals surface area (Å²) < 4.78 is -0.480. The second-order valence-corrected chi connectivity index (χ2v) is 5.84. The van der Waals surface area contributed by atoms with Crippen molar-refractivity contribution in [2.45, 2.75) is 23.4 Å². The fourth-order valence-corrected chi connectivity index (χ4v) is 2.39. The second kappa shape index (κ2) is 2.89. The number of hydrogen-bond donors (Lipinski definition) is 0. The van der Waals surface area contributed by atoms with E-state index in [2.05, 4.69) is 6.92 Å². The van der Waals surface area contributed by atoms with Crippen LogP contribution in [0.4, 0.5) is 0 Å². The molecule has 0 nitrogen and oxygen atoms in total. The lowest BCUT2D eigenvalue weighted by Gasteiger charge is -2.27. The highest BCUT2D eigenvalue weighted by Gasteiger charge is 2.29. The lowest BCUT2D eigenvalue weighted by atomic mass is 10.1. The molecule has 1 aliphatic heterocycles. The Hall–Kier alpha value is 0.930. The Bertz CT molecular complexity index is 93.2. The summed E-state index contributed by atoms with van der Waals surface area (Å²) in [4.78, 5) is 0. The van der Waals surface area contributed by atoms with E-state index in [1.165, 1.54) is 6.42 Å². The first-order valence-electron chi connectivity index (χ1n) is 3.12. The van der Waals surface area contributed by atoms with Crippen molar-refractivity contribution in [2.75, 3.05) is 5.75 Å². The van der Waals surface area contributed by atoms with E-state index in [0.717, 1.165) is 18.1 Å². The molecule has 9 heavy (non-hydrogen) atoms. The molecule has 3 heteroatoms. The van der Waals surface area contributed by atoms with Crippen LogP contribution in [0.5, 0.6) is 0 Å². The summed E-state index contributed by atoms with van der Waals surface area (Å²) in [7, 11) is 0. The Labute approximate surface area is 70.3 Å². The van der Waals surface area contributed by atoms with Gasteiger partial charge in [-0.25, -0.2) is 0 Å². The van der Waals surface area contributed by atoms with Crippen LogP contribution < -0.4 is 0 Å². The number of thioether (sulfide) groups is 1. The maximum absolute atomic E-state index is 5.87. The topological polar surface area (TPSA) is 0 Å². The Morgan fingerprint density at radius 2 is 2.22 bits per heavy atom. The molecular weight excluding hydrogens is 175 g/mol. The molecule has 1 aliphatic rings. The summed E-state index contributed by atoms with van der Waals surface area (Å²) in [5.41, 5.74) is 0. The Kier molecular flexibility index (Phi) is 2.58. The van der Waals surface area contributed by atoms with Crippen molar-refractivity contribution in [3.05, 3.63) is 0 Å². The van der Waals surface area contributed by atoms with E-state index in [1.54, 1.807) is 11.8 Å². The molecule has 1 rings (SSSR count). The molecule has 0 N–H and O–H groups in total. The van der Waals surface area contributed by atoms with E-state index in [1.807, 2.05) is 0 Å². The van der Waals surface area contributed by atoms with Crippen LogP contribution in [0.1, 0.15) is 19.8 Å². The largest absolute Gasteiger partial charge is 0.163 e. The third kappa shape index (κ3) is 2.57. The molecule has 1 saturated heterocycles. The van der Waals surface area contributed by atoms with Crippen LogP contribution in [-0.2, 0) is 0 Å². The number of hydrogen-bond acceptors (Lipinski definition) is 1. The molecule has 0 amide bonds. The Morgan fingerprint density at radius 3 is 2.56 bits per heavy atom. The standard InChI is InChI=1S/C6H10Cl2S/c1-5-2-3-6(7,8)9-4-5/h5H,2-4H2,1H3. The van der Waals surface area contributed by atoms with E-state index < -0.39 is 3.67 Å². The molecule has 1 unspecified atom stereocenters. The first-order chi connectivity index (χ1) is 4.10. The SMILES string of the molecule is CC1CCC(Cl)(Cl)SC1. The van der Waals surface area contributed by atoms with Crippen LogP contribution in [0.3, 0.4) is 0 Å². The maximum atomic E-state index is 5.87. The van der Waals surface area contributed by atoms with E-state index in [9.17, 15) is 0 Å². The molecule has 0 spiro atoms. The molecule has 0 aromatic rings. The zero-order valence-electron chi connectivity index (χ0n) is 5.36. The number of alkyl halides is 2. The van der Waals surface area contributed by atoms with Gasteiger partial charge in [0.25, 0.3) is 0 Å². The molecule has 0 aromatic carbocycles. The molecule has 54 valence electrons. The van der Waals surface area contributed by atoms with Gasteiger partial charge in [0.15, 0.2) is 3.67 Å². The van der Waals surface area contributed by atoms with Crippen LogP contribution in [0.15, 0.2) is 0 Å². The highest BCUT2D eigenvalue weighted by atomic mass is 35.5. The Balaban J connectivity index is 2.35. The molecule has 1 heterocycles. The predicted octanol–water partition coefficient (Wildman–Crippen LogP) is 3.28. The average molecular weight is 185 g/mol. The third-order valence-electron chi connectivity index (χ3n) is 1.51. The zero-order chi connectivity index (χ0) is 6.91. The molecule has 1 fully saturated rings. The van der Waals surface area contributed by atoms with Crippen molar-refractivity contribution in [2.24, 2.45) is 5.92 Å². The minimum atomic E-state index is -0.480. The van der Waals surface area contributed by atoms with Crippen LogP contribution in [0.2, 0.25) is 0 Å². The molecule has 0 saturated carbocycles. The van der Waals surface area contributed by atoms with Crippen LogP contribution in [0, 0.1) is 5.92 Å². The highest BCUT2D eigenvalue weighted by molar-refractivity contribution is 8.03. The van der Waals surface area contributed by atoms with Crippen molar-refractivity contribution in [1.82, 2.24) is 0 Å². The molecule has 0 aliphatic carbocycles. The molecular formula is C6H10Cl2S. The van der Waals surface area contributed by atoms with Crippen molar-refractivity contribution < 1.29 is 0 Å². The first kappa shape index (κ1) is 8.03. The van der Waals surface area contributed by atoms with Gasteiger partial charge in [0.05, 0.1) is 0 Å². The van der Waals surface area contributed by atoms with Gasteiger partial charge in [-0.1, -0.05) is 30.1 Å².